The van der Waals surface area contributed by atoms with E-state index in [1.165, 1.54) is 0 Å². The van der Waals surface area contributed by atoms with Crippen molar-refractivity contribution >= 4 is 5.90 Å². The number of ether oxygens (including phenoxy) is 2. The number of aromatic nitrogens is 1. The van der Waals surface area contributed by atoms with Crippen molar-refractivity contribution in [2.24, 2.45) is 5.16 Å². The van der Waals surface area contributed by atoms with E-state index in [9.17, 15) is 0 Å². The zero-order valence-corrected chi connectivity index (χ0v) is 14.5. The van der Waals surface area contributed by atoms with Gasteiger partial charge >= 0.3 is 0 Å². The predicted octanol–water partition coefficient (Wildman–Crippen LogP) is 5.06. The van der Waals surface area contributed by atoms with Crippen molar-refractivity contribution in [1.82, 2.24) is 4.98 Å². The third kappa shape index (κ3) is 5.63. The first-order valence-electron chi connectivity index (χ1n) is 8.38. The largest absolute Gasteiger partial charge is 0.457 e. The van der Waals surface area contributed by atoms with Crippen LogP contribution in [0.25, 0.3) is 0 Å². The quantitative estimate of drug-likeness (QED) is 0.664. The number of pyridine rings is 1. The first kappa shape index (κ1) is 17.5. The van der Waals surface area contributed by atoms with Crippen molar-refractivity contribution in [3.8, 4) is 17.2 Å². The van der Waals surface area contributed by atoms with E-state index >= 15 is 0 Å². The van der Waals surface area contributed by atoms with Gasteiger partial charge in [-0.15, -0.1) is 0 Å². The molecule has 0 spiro atoms. The molecule has 1 aliphatic heterocycles. The van der Waals surface area contributed by atoms with Crippen LogP contribution in [0.1, 0.15) is 13.3 Å². The van der Waals surface area contributed by atoms with E-state index in [0.717, 1.165) is 17.9 Å². The molecule has 0 fully saturated rings. The first-order valence-corrected chi connectivity index (χ1v) is 8.38. The molecular weight excluding hydrogens is 328 g/mol. The van der Waals surface area contributed by atoms with Crippen molar-refractivity contribution in [2.45, 2.75) is 19.4 Å². The summed E-state index contributed by atoms with van der Waals surface area (Å²) < 4.78 is 11.0. The maximum Gasteiger partial charge on any atom is 0.235 e. The average molecular weight is 348 g/mol. The Kier molecular flexibility index (Phi) is 6.20. The lowest BCUT2D eigenvalue weighted by Gasteiger charge is -2.03. The van der Waals surface area contributed by atoms with Crippen LogP contribution in [-0.2, 0) is 4.84 Å². The smallest absolute Gasteiger partial charge is 0.235 e. The van der Waals surface area contributed by atoms with Crippen LogP contribution in [0.5, 0.6) is 17.2 Å². The van der Waals surface area contributed by atoms with Crippen LogP contribution in [0, 0.1) is 0 Å². The number of benzene rings is 2. The minimum absolute atomic E-state index is 0.117. The van der Waals surface area contributed by atoms with Crippen LogP contribution in [0.15, 0.2) is 90.3 Å². The minimum Gasteiger partial charge on any atom is -0.457 e. The molecule has 1 unspecified atom stereocenters. The Morgan fingerprint density at radius 2 is 1.42 bits per heavy atom. The van der Waals surface area contributed by atoms with Crippen molar-refractivity contribution < 1.29 is 14.3 Å². The molecule has 1 aromatic heterocycles. The van der Waals surface area contributed by atoms with Gasteiger partial charge in [0.1, 0.15) is 23.4 Å². The molecule has 3 aromatic rings. The van der Waals surface area contributed by atoms with Crippen LogP contribution >= 0.6 is 0 Å². The fourth-order valence-electron chi connectivity index (χ4n) is 2.19. The highest BCUT2D eigenvalue weighted by molar-refractivity contribution is 5.79. The molecule has 5 nitrogen and oxygen atoms in total. The highest BCUT2D eigenvalue weighted by atomic mass is 16.7. The Hall–Kier alpha value is -3.34. The van der Waals surface area contributed by atoms with Gasteiger partial charge in [0, 0.05) is 6.20 Å². The van der Waals surface area contributed by atoms with Crippen LogP contribution in [0.4, 0.5) is 0 Å². The standard InChI is InChI=1S/C12H10O.C9H10N2O2/c1-3-7-11(8-4-1)13-12-9-5-2-6-10-12;1-7-5-9(11-13-7)12-8-3-2-4-10-6-8/h1-10H;2-4,6-7H,5H2,1H3. The molecular formula is C21H20N2O3. The highest BCUT2D eigenvalue weighted by Crippen LogP contribution is 2.19. The predicted molar refractivity (Wildman–Crippen MR) is 100 cm³/mol. The lowest BCUT2D eigenvalue weighted by molar-refractivity contribution is 0.0992. The summed E-state index contributed by atoms with van der Waals surface area (Å²) in [6.45, 7) is 1.95. The molecule has 5 heteroatoms. The number of hydrogen-bond donors (Lipinski definition) is 0. The summed E-state index contributed by atoms with van der Waals surface area (Å²) in [5.41, 5.74) is 0. The molecule has 132 valence electrons. The van der Waals surface area contributed by atoms with Gasteiger partial charge < -0.3 is 14.3 Å². The second-order valence-electron chi connectivity index (χ2n) is 5.62. The zero-order chi connectivity index (χ0) is 18.0. The molecule has 0 radical (unpaired) electrons. The van der Waals surface area contributed by atoms with Crippen molar-refractivity contribution in [1.29, 1.82) is 0 Å². The molecule has 4 rings (SSSR count). The SMILES string of the molecule is CC1CC(Oc2cccnc2)=NO1.c1ccc(Oc2ccccc2)cc1. The fraction of sp³-hybridized carbons (Fsp3) is 0.143. The van der Waals surface area contributed by atoms with E-state index in [1.807, 2.05) is 79.7 Å². The average Bonchev–Trinajstić information content (AvgIpc) is 3.09. The number of rotatable bonds is 3. The van der Waals surface area contributed by atoms with Gasteiger partial charge in [-0.05, 0) is 43.3 Å². The number of hydrogen-bond acceptors (Lipinski definition) is 5. The van der Waals surface area contributed by atoms with Gasteiger partial charge in [0.2, 0.25) is 5.90 Å². The fourth-order valence-corrected chi connectivity index (χ4v) is 2.19. The zero-order valence-electron chi connectivity index (χ0n) is 14.5. The maximum absolute atomic E-state index is 5.58. The van der Waals surface area contributed by atoms with Gasteiger partial charge in [-0.2, -0.15) is 0 Å². The molecule has 0 saturated heterocycles. The lowest BCUT2D eigenvalue weighted by Crippen LogP contribution is -2.08. The third-order valence-corrected chi connectivity index (χ3v) is 3.39. The van der Waals surface area contributed by atoms with Crippen LogP contribution in [0.2, 0.25) is 0 Å². The third-order valence-electron chi connectivity index (χ3n) is 3.39. The molecule has 2 aromatic carbocycles. The molecule has 0 amide bonds. The summed E-state index contributed by atoms with van der Waals surface area (Å²) in [6.07, 6.45) is 4.18. The Morgan fingerprint density at radius 3 is 1.92 bits per heavy atom. The molecule has 2 heterocycles. The van der Waals surface area contributed by atoms with Gasteiger partial charge in [-0.25, -0.2) is 0 Å². The monoisotopic (exact) mass is 348 g/mol. The molecule has 0 bridgehead atoms. The molecule has 0 N–H and O–H groups in total. The second-order valence-corrected chi connectivity index (χ2v) is 5.62. The molecule has 0 aliphatic carbocycles. The highest BCUT2D eigenvalue weighted by Gasteiger charge is 2.17. The topological polar surface area (TPSA) is 52.9 Å². The van der Waals surface area contributed by atoms with E-state index in [4.69, 9.17) is 14.3 Å². The summed E-state index contributed by atoms with van der Waals surface area (Å²) in [6, 6.07) is 23.2. The summed E-state index contributed by atoms with van der Waals surface area (Å²) in [7, 11) is 0. The summed E-state index contributed by atoms with van der Waals surface area (Å²) >= 11 is 0. The minimum atomic E-state index is 0.117. The van der Waals surface area contributed by atoms with E-state index in [2.05, 4.69) is 10.1 Å². The van der Waals surface area contributed by atoms with Gasteiger partial charge in [0.15, 0.2) is 0 Å². The van der Waals surface area contributed by atoms with Gasteiger partial charge in [-0.3, -0.25) is 4.98 Å². The molecule has 1 atom stereocenters. The Bertz CT molecular complexity index is 771. The van der Waals surface area contributed by atoms with Crippen LogP contribution in [-0.4, -0.2) is 17.0 Å². The van der Waals surface area contributed by atoms with Gasteiger partial charge in [0.25, 0.3) is 0 Å². The number of nitrogens with zero attached hydrogens (tertiary/aromatic N) is 2. The normalized spacial score (nSPS) is 15.1. The van der Waals surface area contributed by atoms with Crippen molar-refractivity contribution in [3.63, 3.8) is 0 Å². The lowest BCUT2D eigenvalue weighted by atomic mass is 10.3. The van der Waals surface area contributed by atoms with E-state index in [0.29, 0.717) is 11.6 Å². The van der Waals surface area contributed by atoms with Crippen LogP contribution in [0.3, 0.4) is 0 Å². The van der Waals surface area contributed by atoms with E-state index < -0.39 is 0 Å². The van der Waals surface area contributed by atoms with E-state index in [1.54, 1.807) is 12.4 Å². The molecule has 0 saturated carbocycles. The number of oxime groups is 1. The second kappa shape index (κ2) is 9.22. The Balaban J connectivity index is 0.000000151. The summed E-state index contributed by atoms with van der Waals surface area (Å²) in [5, 5.41) is 3.78. The Morgan fingerprint density at radius 1 is 0.808 bits per heavy atom. The van der Waals surface area contributed by atoms with Crippen LogP contribution < -0.4 is 9.47 Å². The van der Waals surface area contributed by atoms with Crippen molar-refractivity contribution in [3.05, 3.63) is 85.2 Å². The number of para-hydroxylation sites is 2. The van der Waals surface area contributed by atoms with Gasteiger partial charge in [-0.1, -0.05) is 41.6 Å². The Labute approximate surface area is 152 Å². The van der Waals surface area contributed by atoms with E-state index in [-0.39, 0.29) is 6.10 Å². The molecule has 26 heavy (non-hydrogen) atoms. The van der Waals surface area contributed by atoms with Gasteiger partial charge in [0.05, 0.1) is 12.6 Å². The first-order chi connectivity index (χ1) is 12.8. The summed E-state index contributed by atoms with van der Waals surface area (Å²) in [5.74, 6) is 3.04. The molecule has 1 aliphatic rings. The van der Waals surface area contributed by atoms with Crippen molar-refractivity contribution in [2.75, 3.05) is 0 Å². The summed E-state index contributed by atoms with van der Waals surface area (Å²) in [4.78, 5) is 8.91. The maximum atomic E-state index is 5.58.